The summed E-state index contributed by atoms with van der Waals surface area (Å²) in [5.41, 5.74) is 8.16. The molecular weight excluding hydrogens is 945 g/mol. The van der Waals surface area contributed by atoms with E-state index in [0.717, 1.165) is 82.7 Å². The number of hydrogen-bond acceptors (Lipinski definition) is 10. The van der Waals surface area contributed by atoms with Gasteiger partial charge in [-0.2, -0.15) is 25.3 Å². The molecular formula is C48H41O11S6+. The van der Waals surface area contributed by atoms with E-state index in [1.807, 2.05) is 43.4 Å². The molecule has 17 heteroatoms. The third kappa shape index (κ3) is 12.6. The summed E-state index contributed by atoms with van der Waals surface area (Å²) in [5, 5.41) is 0. The average Bonchev–Trinajstić information content (AvgIpc) is 3.28. The lowest BCUT2D eigenvalue weighted by Gasteiger charge is -2.21. The van der Waals surface area contributed by atoms with Gasteiger partial charge in [0.25, 0.3) is 36.8 Å². The maximum absolute atomic E-state index is 11.8. The van der Waals surface area contributed by atoms with Crippen LogP contribution in [0.2, 0.25) is 0 Å². The molecule has 4 aromatic carbocycles. The number of benzene rings is 4. The summed E-state index contributed by atoms with van der Waals surface area (Å²) >= 11 is 4.54. The van der Waals surface area contributed by atoms with Gasteiger partial charge in [-0.25, -0.2) is 0 Å². The summed E-state index contributed by atoms with van der Waals surface area (Å²) in [6, 6.07) is 30.1. The third-order valence-corrected chi connectivity index (χ3v) is 16.3. The first kappa shape index (κ1) is 47.7. The first-order chi connectivity index (χ1) is 30.9. The van der Waals surface area contributed by atoms with Gasteiger partial charge in [-0.05, 0) is 132 Å². The summed E-state index contributed by atoms with van der Waals surface area (Å²) in [6.45, 7) is 2.66. The van der Waals surface area contributed by atoms with E-state index in [9.17, 15) is 43.7 Å². The lowest BCUT2D eigenvalue weighted by atomic mass is 9.93. The second-order valence-electron chi connectivity index (χ2n) is 14.8. The maximum atomic E-state index is 11.8. The van der Waals surface area contributed by atoms with Crippen molar-refractivity contribution in [1.29, 1.82) is 0 Å². The fourth-order valence-electron chi connectivity index (χ4n) is 6.94. The molecule has 5 aromatic rings. The first-order valence-corrected chi connectivity index (χ1v) is 26.8. The van der Waals surface area contributed by atoms with Gasteiger partial charge in [0.15, 0.2) is 0 Å². The summed E-state index contributed by atoms with van der Waals surface area (Å²) in [6.07, 6.45) is 14.5. The highest BCUT2D eigenvalue weighted by Crippen LogP contribution is 2.45. The van der Waals surface area contributed by atoms with Crippen LogP contribution in [0.1, 0.15) is 41.5 Å². The van der Waals surface area contributed by atoms with Crippen LogP contribution in [0.15, 0.2) is 176 Å². The Morgan fingerprint density at radius 1 is 0.646 bits per heavy atom. The van der Waals surface area contributed by atoms with E-state index in [0.29, 0.717) is 23.4 Å². The van der Waals surface area contributed by atoms with Crippen LogP contribution in [0.5, 0.6) is 0 Å². The third-order valence-electron chi connectivity index (χ3n) is 10.2. The van der Waals surface area contributed by atoms with Crippen molar-refractivity contribution in [2.45, 2.75) is 40.9 Å². The summed E-state index contributed by atoms with van der Waals surface area (Å²) in [7, 11) is -13.2. The van der Waals surface area contributed by atoms with Crippen LogP contribution in [-0.2, 0) is 39.9 Å². The molecule has 1 aliphatic heterocycles. The summed E-state index contributed by atoms with van der Waals surface area (Å²) in [5.74, 6) is 0.511. The normalized spacial score (nSPS) is 15.5. The Morgan fingerprint density at radius 2 is 1.12 bits per heavy atom. The molecule has 0 saturated carbocycles. The second kappa shape index (κ2) is 20.5. The van der Waals surface area contributed by atoms with Crippen LogP contribution in [0.3, 0.4) is 0 Å². The van der Waals surface area contributed by atoms with Gasteiger partial charge in [-0.1, -0.05) is 78.0 Å². The molecule has 3 N–H and O–H groups in total. The number of rotatable bonds is 15. The predicted octanol–water partition coefficient (Wildman–Crippen LogP) is 11.5. The molecule has 2 heterocycles. The fourth-order valence-corrected chi connectivity index (χ4v) is 11.7. The summed E-state index contributed by atoms with van der Waals surface area (Å²) in [4.78, 5) is 14.8. The minimum atomic E-state index is -4.41. The Kier molecular flexibility index (Phi) is 15.1. The lowest BCUT2D eigenvalue weighted by Crippen LogP contribution is -2.03. The Morgan fingerprint density at radius 3 is 1.60 bits per heavy atom. The molecule has 0 fully saturated rings. The van der Waals surface area contributed by atoms with Crippen molar-refractivity contribution in [3.05, 3.63) is 183 Å². The highest BCUT2D eigenvalue weighted by molar-refractivity contribution is 8.16. The Bertz CT molecular complexity index is 3050. The maximum Gasteiger partial charge on any atom is 0.294 e. The summed E-state index contributed by atoms with van der Waals surface area (Å²) < 4.78 is 104. The molecule has 0 spiro atoms. The number of carbonyl (C=O) groups excluding carboxylic acids is 1. The molecule has 1 aromatic heterocycles. The van der Waals surface area contributed by atoms with E-state index < -0.39 is 30.4 Å². The number of allylic oxidation sites excluding steroid dienone is 8. The molecule has 0 atom stereocenters. The van der Waals surface area contributed by atoms with E-state index in [1.165, 1.54) is 48.2 Å². The van der Waals surface area contributed by atoms with Gasteiger partial charge in [-0.3, -0.25) is 18.5 Å². The molecule has 7 rings (SSSR count). The highest BCUT2D eigenvalue weighted by atomic mass is 32.2. The number of hydrogen-bond donors (Lipinski definition) is 3. The predicted molar refractivity (Wildman–Crippen MR) is 261 cm³/mol. The van der Waals surface area contributed by atoms with Crippen LogP contribution in [-0.4, -0.2) is 57.7 Å². The number of thioether (sulfide) groups is 2. The molecule has 0 radical (unpaired) electrons. The van der Waals surface area contributed by atoms with Gasteiger partial charge in [0, 0.05) is 43.7 Å². The van der Waals surface area contributed by atoms with Gasteiger partial charge in [0.05, 0.1) is 14.7 Å². The van der Waals surface area contributed by atoms with Gasteiger partial charge >= 0.3 is 0 Å². The Hall–Kier alpha value is -5.21. The van der Waals surface area contributed by atoms with Gasteiger partial charge in [0.2, 0.25) is 21.1 Å². The van der Waals surface area contributed by atoms with Crippen molar-refractivity contribution in [3.8, 4) is 20.9 Å². The van der Waals surface area contributed by atoms with Crippen molar-refractivity contribution in [2.75, 3.05) is 12.4 Å². The SMILES string of the molecule is Cc1ccc(-c2cc(/C=C/C3=C(SCCOC=O)C(=C/C=C4C=C(c5ccc(S(=O)(=O)O)cc5)SC(c5ccc(S(=O)(=O)O)cc5)=C4)/CCC3)cc(-c3ccc(S(=O)(=O)O)cc3)[s+]2)cc1. The van der Waals surface area contributed by atoms with Crippen LogP contribution in [0.25, 0.3) is 36.8 Å². The molecule has 334 valence electrons. The smallest absolute Gasteiger partial charge is 0.294 e. The average molecular weight is 986 g/mol. The van der Waals surface area contributed by atoms with Crippen LogP contribution < -0.4 is 0 Å². The van der Waals surface area contributed by atoms with E-state index in [1.54, 1.807) is 59.5 Å². The van der Waals surface area contributed by atoms with Crippen LogP contribution in [0.4, 0.5) is 0 Å². The van der Waals surface area contributed by atoms with E-state index in [2.05, 4.69) is 36.4 Å². The zero-order chi connectivity index (χ0) is 46.4. The standard InChI is InChI=1S/C48H40O11S6/c1-32-5-9-35(10-6-32)44-27-33(28-45(61-44)36-13-19-41(20-14-36)63(50,51)52)7-11-39-3-2-4-40(48(39)60-26-25-59-31-49)12-8-34-29-46(37-15-21-42(22-16-37)64(53,54)55)62-47(30-34)38-17-23-43(24-18-38)65(56,57)58/h5-24,27-31H,2-4,25-26H2,1H3,(H2-,50,51,52,53,54,55,56,57,58)/p+1. The van der Waals surface area contributed by atoms with E-state index >= 15 is 0 Å². The lowest BCUT2D eigenvalue weighted by molar-refractivity contribution is -0.128. The zero-order valence-electron chi connectivity index (χ0n) is 34.5. The minimum absolute atomic E-state index is 0.190. The largest absolute Gasteiger partial charge is 0.467 e. The molecule has 11 nitrogen and oxygen atoms in total. The molecule has 0 amide bonds. The molecule has 2 aliphatic rings. The Balaban J connectivity index is 1.29. The fraction of sp³-hybridized carbons (Fsp3) is 0.125. The molecule has 1 aliphatic carbocycles. The monoisotopic (exact) mass is 985 g/mol. The minimum Gasteiger partial charge on any atom is -0.467 e. The molecule has 0 bridgehead atoms. The topological polar surface area (TPSA) is 189 Å². The second-order valence-corrected chi connectivity index (χ2v) is 22.4. The number of aryl methyl sites for hydroxylation is 1. The zero-order valence-corrected chi connectivity index (χ0v) is 39.4. The Labute approximate surface area is 391 Å². The van der Waals surface area contributed by atoms with Gasteiger partial charge in [-0.15, -0.1) is 11.8 Å². The molecule has 0 saturated heterocycles. The molecule has 0 unspecified atom stereocenters. The number of ether oxygens (including phenoxy) is 1. The van der Waals surface area contributed by atoms with E-state index in [4.69, 9.17) is 4.74 Å². The number of carbonyl (C=O) groups is 1. The van der Waals surface area contributed by atoms with Gasteiger partial charge < -0.3 is 4.74 Å². The quantitative estimate of drug-likeness (QED) is 0.0389. The highest BCUT2D eigenvalue weighted by Gasteiger charge is 2.22. The molecule has 65 heavy (non-hydrogen) atoms. The first-order valence-electron chi connectivity index (χ1n) is 19.9. The van der Waals surface area contributed by atoms with Crippen molar-refractivity contribution in [1.82, 2.24) is 0 Å². The van der Waals surface area contributed by atoms with Crippen molar-refractivity contribution in [3.63, 3.8) is 0 Å². The van der Waals surface area contributed by atoms with Crippen molar-refractivity contribution >= 4 is 87.6 Å². The van der Waals surface area contributed by atoms with Crippen LogP contribution >= 0.6 is 34.9 Å². The van der Waals surface area contributed by atoms with Gasteiger partial charge in [0.1, 0.15) is 6.61 Å². The van der Waals surface area contributed by atoms with E-state index in [-0.39, 0.29) is 21.3 Å². The van der Waals surface area contributed by atoms with Crippen LogP contribution in [0, 0.1) is 6.92 Å². The van der Waals surface area contributed by atoms with Crippen molar-refractivity contribution < 1.29 is 48.4 Å². The van der Waals surface area contributed by atoms with Crippen molar-refractivity contribution in [2.24, 2.45) is 0 Å².